The van der Waals surface area contributed by atoms with Crippen LogP contribution in [0.2, 0.25) is 0 Å². The van der Waals surface area contributed by atoms with E-state index in [4.69, 9.17) is 15.6 Å². The minimum atomic E-state index is -5.08. The molecule has 7 nitrogen and oxygen atoms in total. The number of carboxylic acid groups (broad SMARTS) is 2. The van der Waals surface area contributed by atoms with Gasteiger partial charge in [-0.1, -0.05) is 42.5 Å². The van der Waals surface area contributed by atoms with Gasteiger partial charge < -0.3 is 20.8 Å². The second-order valence-electron chi connectivity index (χ2n) is 7.41. The number of halogens is 4. The molecule has 0 spiro atoms. The Morgan fingerprint density at radius 2 is 1.58 bits per heavy atom. The molecule has 2 aromatic carbocycles. The lowest BCUT2D eigenvalue weighted by Gasteiger charge is -2.35. The molecule has 0 aliphatic carbocycles. The van der Waals surface area contributed by atoms with Gasteiger partial charge in [0.15, 0.2) is 0 Å². The molecule has 0 aromatic heterocycles. The van der Waals surface area contributed by atoms with Crippen LogP contribution in [0.3, 0.4) is 0 Å². The second-order valence-corrected chi connectivity index (χ2v) is 7.41. The monoisotopic (exact) mass is 470 g/mol. The summed E-state index contributed by atoms with van der Waals surface area (Å²) in [4.78, 5) is 34.6. The van der Waals surface area contributed by atoms with E-state index in [9.17, 15) is 32.3 Å². The van der Waals surface area contributed by atoms with Gasteiger partial charge in [0.05, 0.1) is 0 Å². The lowest BCUT2D eigenvalue weighted by molar-refractivity contribution is -0.192. The Morgan fingerprint density at radius 3 is 2.12 bits per heavy atom. The van der Waals surface area contributed by atoms with Gasteiger partial charge in [0.25, 0.3) is 0 Å². The van der Waals surface area contributed by atoms with E-state index >= 15 is 0 Å². The second kappa shape index (κ2) is 10.9. The van der Waals surface area contributed by atoms with E-state index in [0.717, 1.165) is 11.1 Å². The number of fused-ring (bicyclic) bond motifs is 1. The molecule has 0 radical (unpaired) electrons. The van der Waals surface area contributed by atoms with Crippen molar-refractivity contribution in [2.45, 2.75) is 44.1 Å². The molecular formula is C22H22F4N2O5. The molecule has 178 valence electrons. The van der Waals surface area contributed by atoms with E-state index in [2.05, 4.69) is 0 Å². The third kappa shape index (κ3) is 7.28. The largest absolute Gasteiger partial charge is 0.490 e. The maximum Gasteiger partial charge on any atom is 0.490 e. The number of benzene rings is 2. The van der Waals surface area contributed by atoms with Gasteiger partial charge in [-0.05, 0) is 29.2 Å². The van der Waals surface area contributed by atoms with Gasteiger partial charge in [0.1, 0.15) is 11.9 Å². The third-order valence-electron chi connectivity index (χ3n) is 4.97. The minimum Gasteiger partial charge on any atom is -0.480 e. The van der Waals surface area contributed by atoms with E-state index in [1.54, 1.807) is 18.2 Å². The van der Waals surface area contributed by atoms with E-state index < -0.39 is 30.2 Å². The van der Waals surface area contributed by atoms with Crippen LogP contribution in [0, 0.1) is 5.82 Å². The molecule has 1 heterocycles. The molecule has 3 rings (SSSR count). The summed E-state index contributed by atoms with van der Waals surface area (Å²) < 4.78 is 45.5. The van der Waals surface area contributed by atoms with Crippen LogP contribution in [-0.4, -0.2) is 51.2 Å². The fourth-order valence-electron chi connectivity index (χ4n) is 3.37. The first-order valence-corrected chi connectivity index (χ1v) is 9.78. The van der Waals surface area contributed by atoms with Crippen LogP contribution < -0.4 is 5.73 Å². The van der Waals surface area contributed by atoms with E-state index in [1.807, 2.05) is 24.3 Å². The van der Waals surface area contributed by atoms with Crippen LogP contribution in [0.5, 0.6) is 0 Å². The van der Waals surface area contributed by atoms with Crippen molar-refractivity contribution >= 4 is 17.8 Å². The zero-order valence-corrected chi connectivity index (χ0v) is 17.3. The molecule has 1 aliphatic rings. The number of aliphatic carboxylic acids is 2. The molecule has 2 atom stereocenters. The predicted molar refractivity (Wildman–Crippen MR) is 109 cm³/mol. The van der Waals surface area contributed by atoms with Crippen LogP contribution in [-0.2, 0) is 33.8 Å². The summed E-state index contributed by atoms with van der Waals surface area (Å²) in [7, 11) is 0. The Morgan fingerprint density at radius 1 is 1.03 bits per heavy atom. The lowest BCUT2D eigenvalue weighted by atomic mass is 9.93. The summed E-state index contributed by atoms with van der Waals surface area (Å²) in [6.45, 7) is 0.248. The Labute approximate surface area is 186 Å². The molecule has 0 saturated heterocycles. The lowest BCUT2D eigenvalue weighted by Crippen LogP contribution is -2.50. The normalized spacial score (nSPS) is 16.2. The van der Waals surface area contributed by atoms with E-state index in [1.165, 1.54) is 11.0 Å². The number of nitrogens with two attached hydrogens (primary N) is 1. The summed E-state index contributed by atoms with van der Waals surface area (Å²) in [5.74, 6) is -4.47. The number of hydrogen-bond donors (Lipinski definition) is 3. The van der Waals surface area contributed by atoms with Crippen molar-refractivity contribution in [1.29, 1.82) is 0 Å². The fourth-order valence-corrected chi connectivity index (χ4v) is 3.37. The van der Waals surface area contributed by atoms with Gasteiger partial charge in [-0.3, -0.25) is 4.79 Å². The molecule has 1 aliphatic heterocycles. The number of rotatable bonds is 5. The molecule has 2 aromatic rings. The van der Waals surface area contributed by atoms with Gasteiger partial charge >= 0.3 is 18.1 Å². The summed E-state index contributed by atoms with van der Waals surface area (Å²) in [5.41, 5.74) is 8.38. The quantitative estimate of drug-likeness (QED) is 0.578. The minimum absolute atomic E-state index is 0.0275. The maximum atomic E-state index is 13.7. The number of carbonyl (C=O) groups excluding carboxylic acids is 1. The first-order valence-electron chi connectivity index (χ1n) is 9.78. The fraction of sp³-hybridized carbons (Fsp3) is 0.318. The Balaban J connectivity index is 0.000000479. The number of hydrogen-bond acceptors (Lipinski definition) is 4. The topological polar surface area (TPSA) is 121 Å². The number of carboxylic acids is 2. The number of amides is 1. The van der Waals surface area contributed by atoms with E-state index in [0.29, 0.717) is 5.56 Å². The van der Waals surface area contributed by atoms with Crippen molar-refractivity contribution in [2.24, 2.45) is 5.73 Å². The average molecular weight is 470 g/mol. The predicted octanol–water partition coefficient (Wildman–Crippen LogP) is 2.76. The summed E-state index contributed by atoms with van der Waals surface area (Å²) in [6.07, 6.45) is -4.61. The van der Waals surface area contributed by atoms with Crippen molar-refractivity contribution in [3.05, 3.63) is 71.0 Å². The smallest absolute Gasteiger partial charge is 0.480 e. The standard InChI is InChI=1S/C20H21FN2O3.C2HF3O2/c21-17-8-4-3-6-14(17)9-16(22)11-19(24)23-12-15-7-2-1-5-13(15)10-18(23)20(25)26;3-2(4,5)1(6)7/h1-8,16,18H,9-12,22H2,(H,25,26);(H,6,7)/t16?,18-;/m0./s1. The highest BCUT2D eigenvalue weighted by Crippen LogP contribution is 2.24. The highest BCUT2D eigenvalue weighted by molar-refractivity contribution is 5.85. The zero-order chi connectivity index (χ0) is 24.8. The van der Waals surface area contributed by atoms with Gasteiger partial charge in [-0.15, -0.1) is 0 Å². The van der Waals surface area contributed by atoms with Crippen molar-refractivity contribution in [1.82, 2.24) is 4.90 Å². The summed E-state index contributed by atoms with van der Waals surface area (Å²) >= 11 is 0. The number of alkyl halides is 3. The molecule has 1 unspecified atom stereocenters. The number of nitrogens with zero attached hydrogens (tertiary/aromatic N) is 1. The van der Waals surface area contributed by atoms with Crippen LogP contribution >= 0.6 is 0 Å². The van der Waals surface area contributed by atoms with Crippen molar-refractivity contribution < 1.29 is 42.2 Å². The molecule has 4 N–H and O–H groups in total. The Bertz CT molecular complexity index is 1010. The van der Waals surface area contributed by atoms with Crippen LogP contribution in [0.15, 0.2) is 48.5 Å². The highest BCUT2D eigenvalue weighted by atomic mass is 19.4. The number of carbonyl (C=O) groups is 3. The Kier molecular flexibility index (Phi) is 8.52. The summed E-state index contributed by atoms with van der Waals surface area (Å²) in [5, 5.41) is 16.6. The van der Waals surface area contributed by atoms with Crippen LogP contribution in [0.25, 0.3) is 0 Å². The zero-order valence-electron chi connectivity index (χ0n) is 17.3. The molecule has 0 bridgehead atoms. The van der Waals surface area contributed by atoms with Gasteiger partial charge in [-0.2, -0.15) is 13.2 Å². The molecule has 11 heteroatoms. The van der Waals surface area contributed by atoms with Crippen molar-refractivity contribution in [3.63, 3.8) is 0 Å². The van der Waals surface area contributed by atoms with Gasteiger partial charge in [-0.25, -0.2) is 14.0 Å². The first kappa shape index (κ1) is 25.8. The SMILES string of the molecule is NC(CC(=O)N1Cc2ccccc2C[C@H]1C(=O)O)Cc1ccccc1F.O=C(O)C(F)(F)F. The molecule has 0 saturated carbocycles. The van der Waals surface area contributed by atoms with Gasteiger partial charge in [0, 0.05) is 25.4 Å². The molecule has 33 heavy (non-hydrogen) atoms. The third-order valence-corrected chi connectivity index (χ3v) is 4.97. The molecule has 1 amide bonds. The van der Waals surface area contributed by atoms with E-state index in [-0.39, 0.29) is 37.5 Å². The first-order chi connectivity index (χ1) is 15.4. The molecule has 0 fully saturated rings. The van der Waals surface area contributed by atoms with Crippen molar-refractivity contribution in [2.75, 3.05) is 0 Å². The van der Waals surface area contributed by atoms with Crippen LogP contribution in [0.4, 0.5) is 17.6 Å². The van der Waals surface area contributed by atoms with Crippen LogP contribution in [0.1, 0.15) is 23.1 Å². The molecular weight excluding hydrogens is 448 g/mol. The average Bonchev–Trinajstić information content (AvgIpc) is 2.74. The summed E-state index contributed by atoms with van der Waals surface area (Å²) in [6, 6.07) is 12.3. The highest BCUT2D eigenvalue weighted by Gasteiger charge is 2.38. The van der Waals surface area contributed by atoms with Gasteiger partial charge in [0.2, 0.25) is 5.91 Å². The maximum absolute atomic E-state index is 13.7. The van der Waals surface area contributed by atoms with Crippen molar-refractivity contribution in [3.8, 4) is 0 Å². The Hall–Kier alpha value is -3.47.